The van der Waals surface area contributed by atoms with Crippen LogP contribution in [-0.2, 0) is 0 Å². The summed E-state index contributed by atoms with van der Waals surface area (Å²) in [6.07, 6.45) is 0.716. The van der Waals surface area contributed by atoms with Gasteiger partial charge in [0.1, 0.15) is 17.4 Å². The molecule has 0 radical (unpaired) electrons. The lowest BCUT2D eigenvalue weighted by Crippen LogP contribution is -2.00. The van der Waals surface area contributed by atoms with Crippen LogP contribution in [0.3, 0.4) is 0 Å². The second-order valence-corrected chi connectivity index (χ2v) is 4.96. The zero-order valence-electron chi connectivity index (χ0n) is 10.8. The number of halogens is 1. The van der Waals surface area contributed by atoms with Crippen molar-refractivity contribution in [3.8, 4) is 17.7 Å². The quantitative estimate of drug-likeness (QED) is 0.806. The molecule has 6 heteroatoms. The summed E-state index contributed by atoms with van der Waals surface area (Å²) in [7, 11) is 0. The van der Waals surface area contributed by atoms with Crippen LogP contribution in [0.5, 0.6) is 11.6 Å². The molecule has 1 heterocycles. The molecule has 0 aliphatic carbocycles. The highest BCUT2D eigenvalue weighted by Gasteiger charge is 2.13. The van der Waals surface area contributed by atoms with Crippen molar-refractivity contribution in [2.24, 2.45) is 0 Å². The van der Waals surface area contributed by atoms with Crippen molar-refractivity contribution >= 4 is 22.2 Å². The highest BCUT2D eigenvalue weighted by molar-refractivity contribution is 9.10. The predicted octanol–water partition coefficient (Wildman–Crippen LogP) is 3.33. The summed E-state index contributed by atoms with van der Waals surface area (Å²) in [6, 6.07) is 6.99. The van der Waals surface area contributed by atoms with Crippen molar-refractivity contribution < 1.29 is 9.53 Å². The third-order valence-electron chi connectivity index (χ3n) is 2.84. The maximum atomic E-state index is 10.9. The number of carbonyl (C=O) groups excluding carboxylic acids is 1. The lowest BCUT2D eigenvalue weighted by molar-refractivity contribution is 0.112. The number of aromatic nitrogens is 2. The Hall–Kier alpha value is -2.26. The molecule has 1 aromatic heterocycles. The van der Waals surface area contributed by atoms with Crippen LogP contribution in [0.15, 0.2) is 22.7 Å². The number of carbonyl (C=O) groups is 1. The summed E-state index contributed by atoms with van der Waals surface area (Å²) < 4.78 is 6.23. The van der Waals surface area contributed by atoms with Crippen molar-refractivity contribution in [1.29, 1.82) is 5.26 Å². The van der Waals surface area contributed by atoms with Crippen molar-refractivity contribution in [3.63, 3.8) is 0 Å². The first-order chi connectivity index (χ1) is 9.56. The summed E-state index contributed by atoms with van der Waals surface area (Å²) in [5.74, 6) is 0.555. The summed E-state index contributed by atoms with van der Waals surface area (Å²) in [6.45, 7) is 3.56. The van der Waals surface area contributed by atoms with Gasteiger partial charge in [-0.05, 0) is 37.6 Å². The highest BCUT2D eigenvalue weighted by Crippen LogP contribution is 2.27. The monoisotopic (exact) mass is 331 g/mol. The molecule has 0 bridgehead atoms. The van der Waals surface area contributed by atoms with Crippen LogP contribution < -0.4 is 4.74 Å². The van der Waals surface area contributed by atoms with E-state index in [4.69, 9.17) is 4.74 Å². The smallest absolute Gasteiger partial charge is 0.257 e. The Bertz CT molecular complexity index is 723. The zero-order chi connectivity index (χ0) is 14.7. The molecule has 100 valence electrons. The van der Waals surface area contributed by atoms with E-state index in [1.54, 1.807) is 32.0 Å². The Morgan fingerprint density at radius 2 is 2.10 bits per heavy atom. The molecular weight excluding hydrogens is 322 g/mol. The van der Waals surface area contributed by atoms with Crippen LogP contribution in [-0.4, -0.2) is 16.5 Å². The van der Waals surface area contributed by atoms with Gasteiger partial charge in [0.2, 0.25) is 0 Å². The molecule has 0 amide bonds. The molecule has 0 fully saturated rings. The van der Waals surface area contributed by atoms with Gasteiger partial charge in [-0.3, -0.25) is 4.79 Å². The van der Waals surface area contributed by atoms with Crippen molar-refractivity contribution in [3.05, 3.63) is 45.1 Å². The van der Waals surface area contributed by atoms with E-state index in [1.807, 2.05) is 0 Å². The molecule has 2 rings (SSSR count). The topological polar surface area (TPSA) is 75.9 Å². The fourth-order valence-corrected chi connectivity index (χ4v) is 1.92. The van der Waals surface area contributed by atoms with Gasteiger partial charge in [0.25, 0.3) is 5.88 Å². The SMILES string of the molecule is Cc1nnc(Oc2ccc(Br)c(C=O)c2)c(C#N)c1C. The number of rotatable bonds is 3. The number of aldehydes is 1. The van der Waals surface area contributed by atoms with Crippen LogP contribution >= 0.6 is 15.9 Å². The second-order valence-electron chi connectivity index (χ2n) is 4.11. The molecule has 0 N–H and O–H groups in total. The molecule has 0 aliphatic rings. The summed E-state index contributed by atoms with van der Waals surface area (Å²) in [4.78, 5) is 10.9. The summed E-state index contributed by atoms with van der Waals surface area (Å²) >= 11 is 3.26. The van der Waals surface area contributed by atoms with Crippen LogP contribution in [0.1, 0.15) is 27.2 Å². The number of hydrogen-bond donors (Lipinski definition) is 0. The third-order valence-corrected chi connectivity index (χ3v) is 3.57. The number of benzene rings is 1. The van der Waals surface area contributed by atoms with E-state index in [0.29, 0.717) is 33.3 Å². The lowest BCUT2D eigenvalue weighted by Gasteiger charge is -2.09. The van der Waals surface area contributed by atoms with Gasteiger partial charge in [-0.25, -0.2) is 0 Å². The van der Waals surface area contributed by atoms with E-state index >= 15 is 0 Å². The van der Waals surface area contributed by atoms with E-state index in [-0.39, 0.29) is 5.88 Å². The van der Waals surface area contributed by atoms with Gasteiger partial charge in [-0.2, -0.15) is 10.4 Å². The fraction of sp³-hybridized carbons (Fsp3) is 0.143. The van der Waals surface area contributed by atoms with Crippen LogP contribution in [0.4, 0.5) is 0 Å². The zero-order valence-corrected chi connectivity index (χ0v) is 12.4. The molecule has 0 aliphatic heterocycles. The number of hydrogen-bond acceptors (Lipinski definition) is 5. The predicted molar refractivity (Wildman–Crippen MR) is 75.8 cm³/mol. The molecular formula is C14H10BrN3O2. The van der Waals surface area contributed by atoms with E-state index < -0.39 is 0 Å². The first-order valence-corrected chi connectivity index (χ1v) is 6.52. The minimum Gasteiger partial charge on any atom is -0.437 e. The van der Waals surface area contributed by atoms with Gasteiger partial charge in [0, 0.05) is 10.0 Å². The van der Waals surface area contributed by atoms with E-state index in [9.17, 15) is 10.1 Å². The number of nitriles is 1. The maximum absolute atomic E-state index is 10.9. The van der Waals surface area contributed by atoms with Gasteiger partial charge in [-0.1, -0.05) is 15.9 Å². The number of nitrogens with zero attached hydrogens (tertiary/aromatic N) is 3. The normalized spacial score (nSPS) is 9.90. The van der Waals surface area contributed by atoms with Gasteiger partial charge in [0.05, 0.1) is 5.69 Å². The Morgan fingerprint density at radius 1 is 1.35 bits per heavy atom. The molecule has 0 saturated carbocycles. The number of ether oxygens (including phenoxy) is 1. The van der Waals surface area contributed by atoms with Crippen molar-refractivity contribution in [1.82, 2.24) is 10.2 Å². The molecule has 1 aromatic carbocycles. The average molecular weight is 332 g/mol. The Kier molecular flexibility index (Phi) is 4.11. The Labute approximate surface area is 124 Å². The largest absolute Gasteiger partial charge is 0.437 e. The van der Waals surface area contributed by atoms with Gasteiger partial charge in [0.15, 0.2) is 6.29 Å². The summed E-state index contributed by atoms with van der Waals surface area (Å²) in [5, 5.41) is 17.0. The molecule has 20 heavy (non-hydrogen) atoms. The second kappa shape index (κ2) is 5.80. The van der Waals surface area contributed by atoms with Gasteiger partial charge in [-0.15, -0.1) is 5.10 Å². The molecule has 0 spiro atoms. The van der Waals surface area contributed by atoms with E-state index in [0.717, 1.165) is 5.56 Å². The fourth-order valence-electron chi connectivity index (χ4n) is 1.58. The van der Waals surface area contributed by atoms with Crippen LogP contribution in [0.2, 0.25) is 0 Å². The first kappa shape index (κ1) is 14.2. The molecule has 2 aromatic rings. The molecule has 0 atom stereocenters. The summed E-state index contributed by atoms with van der Waals surface area (Å²) in [5.41, 5.74) is 2.20. The minimum atomic E-state index is 0.134. The van der Waals surface area contributed by atoms with Crippen molar-refractivity contribution in [2.45, 2.75) is 13.8 Å². The molecule has 0 saturated heterocycles. The highest BCUT2D eigenvalue weighted by atomic mass is 79.9. The first-order valence-electron chi connectivity index (χ1n) is 5.73. The molecule has 5 nitrogen and oxygen atoms in total. The van der Waals surface area contributed by atoms with Crippen molar-refractivity contribution in [2.75, 3.05) is 0 Å². The minimum absolute atomic E-state index is 0.134. The Balaban J connectivity index is 2.43. The average Bonchev–Trinajstić information content (AvgIpc) is 2.45. The lowest BCUT2D eigenvalue weighted by atomic mass is 10.1. The van der Waals surface area contributed by atoms with Crippen LogP contribution in [0, 0.1) is 25.2 Å². The van der Waals surface area contributed by atoms with Gasteiger partial charge >= 0.3 is 0 Å². The molecule has 0 unspecified atom stereocenters. The van der Waals surface area contributed by atoms with Gasteiger partial charge < -0.3 is 4.74 Å². The van der Waals surface area contributed by atoms with Crippen LogP contribution in [0.25, 0.3) is 0 Å². The number of aryl methyl sites for hydroxylation is 1. The third kappa shape index (κ3) is 2.68. The maximum Gasteiger partial charge on any atom is 0.257 e. The van der Waals surface area contributed by atoms with E-state index in [2.05, 4.69) is 32.2 Å². The standard InChI is InChI=1S/C14H10BrN3O2/c1-8-9(2)17-18-14(12(8)6-16)20-11-3-4-13(15)10(5-11)7-19/h3-5,7H,1-2H3. The Morgan fingerprint density at radius 3 is 2.75 bits per heavy atom. The van der Waals surface area contributed by atoms with E-state index in [1.165, 1.54) is 0 Å².